The number of hydrogen-bond donors (Lipinski definition) is 1. The Hall–Kier alpha value is -0.410. The second kappa shape index (κ2) is 6.36. The highest BCUT2D eigenvalue weighted by Crippen LogP contribution is 2.18. The van der Waals surface area contributed by atoms with Gasteiger partial charge in [0.2, 0.25) is 0 Å². The van der Waals surface area contributed by atoms with Crippen molar-refractivity contribution in [1.82, 2.24) is 5.32 Å². The average molecular weight is 288 g/mol. The van der Waals surface area contributed by atoms with Gasteiger partial charge in [-0.25, -0.2) is 4.39 Å². The summed E-state index contributed by atoms with van der Waals surface area (Å²) in [5.41, 5.74) is 0.968. The van der Waals surface area contributed by atoms with E-state index >= 15 is 0 Å². The zero-order valence-corrected chi connectivity index (χ0v) is 11.6. The Bertz CT molecular complexity index is 339. The summed E-state index contributed by atoms with van der Waals surface area (Å²) in [6, 6.07) is 5.24. The maximum absolute atomic E-state index is 13.0. The molecule has 1 unspecified atom stereocenters. The normalized spacial score (nSPS) is 13.1. The van der Waals surface area contributed by atoms with Crippen LogP contribution in [0.5, 0.6) is 0 Å². The van der Waals surface area contributed by atoms with E-state index in [1.54, 1.807) is 12.1 Å². The molecule has 0 aromatic heterocycles. The Balaban J connectivity index is 2.51. The van der Waals surface area contributed by atoms with E-state index in [9.17, 15) is 4.39 Å². The number of rotatable bonds is 5. The van der Waals surface area contributed by atoms with Crippen LogP contribution in [-0.4, -0.2) is 6.04 Å². The van der Waals surface area contributed by atoms with Gasteiger partial charge in [0, 0.05) is 17.1 Å². The van der Waals surface area contributed by atoms with Gasteiger partial charge in [-0.15, -0.1) is 0 Å². The molecule has 0 radical (unpaired) electrons. The first-order chi connectivity index (χ1) is 7.49. The van der Waals surface area contributed by atoms with Crippen LogP contribution in [0.15, 0.2) is 22.7 Å². The lowest BCUT2D eigenvalue weighted by Gasteiger charge is -2.16. The molecule has 0 fully saturated rings. The summed E-state index contributed by atoms with van der Waals surface area (Å²) in [7, 11) is 0. The zero-order valence-electron chi connectivity index (χ0n) is 10.1. The average Bonchev–Trinajstić information content (AvgIpc) is 2.18. The molecule has 0 saturated carbocycles. The summed E-state index contributed by atoms with van der Waals surface area (Å²) in [6.07, 6.45) is 1.13. The monoisotopic (exact) mass is 287 g/mol. The maximum Gasteiger partial charge on any atom is 0.123 e. The Labute approximate surface area is 106 Å². The van der Waals surface area contributed by atoms with Gasteiger partial charge in [0.15, 0.2) is 0 Å². The molecule has 1 rings (SSSR count). The standard InChI is InChI=1S/C13H19BrFN/c1-9(2)6-10(3)16-8-11-7-12(15)4-5-13(11)14/h4-5,7,9-10,16H,6,8H2,1-3H3. The van der Waals surface area contributed by atoms with Crippen molar-refractivity contribution in [1.29, 1.82) is 0 Å². The lowest BCUT2D eigenvalue weighted by atomic mass is 10.1. The molecule has 1 nitrogen and oxygen atoms in total. The fraction of sp³-hybridized carbons (Fsp3) is 0.538. The van der Waals surface area contributed by atoms with Gasteiger partial charge in [-0.2, -0.15) is 0 Å². The van der Waals surface area contributed by atoms with Gasteiger partial charge in [-0.1, -0.05) is 29.8 Å². The molecule has 1 aromatic rings. The number of hydrogen-bond acceptors (Lipinski definition) is 1. The van der Waals surface area contributed by atoms with E-state index < -0.39 is 0 Å². The molecule has 1 atom stereocenters. The molecule has 3 heteroatoms. The van der Waals surface area contributed by atoms with Gasteiger partial charge in [0.05, 0.1) is 0 Å². The largest absolute Gasteiger partial charge is 0.310 e. The highest BCUT2D eigenvalue weighted by Gasteiger charge is 2.06. The van der Waals surface area contributed by atoms with Crippen molar-refractivity contribution >= 4 is 15.9 Å². The molecule has 16 heavy (non-hydrogen) atoms. The minimum absolute atomic E-state index is 0.184. The van der Waals surface area contributed by atoms with Crippen molar-refractivity contribution in [3.05, 3.63) is 34.1 Å². The van der Waals surface area contributed by atoms with Crippen LogP contribution in [0.3, 0.4) is 0 Å². The zero-order chi connectivity index (χ0) is 12.1. The van der Waals surface area contributed by atoms with Crippen molar-refractivity contribution in [2.45, 2.75) is 39.8 Å². The lowest BCUT2D eigenvalue weighted by Crippen LogP contribution is -2.27. The quantitative estimate of drug-likeness (QED) is 0.859. The smallest absolute Gasteiger partial charge is 0.123 e. The first-order valence-electron chi connectivity index (χ1n) is 5.66. The predicted octanol–water partition coefficient (Wildman–Crippen LogP) is 4.11. The van der Waals surface area contributed by atoms with Crippen molar-refractivity contribution in [2.75, 3.05) is 0 Å². The molecule has 1 aromatic carbocycles. The van der Waals surface area contributed by atoms with Crippen LogP contribution in [0.4, 0.5) is 4.39 Å². The number of benzene rings is 1. The molecule has 0 saturated heterocycles. The lowest BCUT2D eigenvalue weighted by molar-refractivity contribution is 0.440. The SMILES string of the molecule is CC(C)CC(C)NCc1cc(F)ccc1Br. The predicted molar refractivity (Wildman–Crippen MR) is 69.9 cm³/mol. The van der Waals surface area contributed by atoms with E-state index in [1.165, 1.54) is 6.07 Å². The van der Waals surface area contributed by atoms with Crippen LogP contribution in [0, 0.1) is 11.7 Å². The third-order valence-electron chi connectivity index (χ3n) is 2.47. The Morgan fingerprint density at radius 3 is 2.62 bits per heavy atom. The molecule has 0 amide bonds. The van der Waals surface area contributed by atoms with E-state index in [0.717, 1.165) is 16.5 Å². The molecule has 1 N–H and O–H groups in total. The molecule has 90 valence electrons. The van der Waals surface area contributed by atoms with Gasteiger partial charge >= 0.3 is 0 Å². The van der Waals surface area contributed by atoms with Crippen LogP contribution in [0.1, 0.15) is 32.8 Å². The Kier molecular flexibility index (Phi) is 5.42. The molecule has 0 heterocycles. The molecule has 0 aliphatic heterocycles. The highest BCUT2D eigenvalue weighted by atomic mass is 79.9. The van der Waals surface area contributed by atoms with Gasteiger partial charge in [0.1, 0.15) is 5.82 Å². The van der Waals surface area contributed by atoms with Crippen molar-refractivity contribution in [3.8, 4) is 0 Å². The summed E-state index contributed by atoms with van der Waals surface area (Å²) < 4.78 is 14.0. The summed E-state index contributed by atoms with van der Waals surface area (Å²) in [5, 5.41) is 3.40. The minimum Gasteiger partial charge on any atom is -0.310 e. The fourth-order valence-electron chi connectivity index (χ4n) is 1.75. The van der Waals surface area contributed by atoms with E-state index in [2.05, 4.69) is 42.0 Å². The molecule has 0 spiro atoms. The number of halogens is 2. The summed E-state index contributed by atoms with van der Waals surface area (Å²) in [4.78, 5) is 0. The van der Waals surface area contributed by atoms with Gasteiger partial charge in [0.25, 0.3) is 0 Å². The first-order valence-corrected chi connectivity index (χ1v) is 6.45. The molecule has 0 aliphatic carbocycles. The van der Waals surface area contributed by atoms with E-state index in [0.29, 0.717) is 18.5 Å². The summed E-state index contributed by atoms with van der Waals surface area (Å²) in [5.74, 6) is 0.495. The first kappa shape index (κ1) is 13.7. The van der Waals surface area contributed by atoms with E-state index in [4.69, 9.17) is 0 Å². The molecular formula is C13H19BrFN. The topological polar surface area (TPSA) is 12.0 Å². The third-order valence-corrected chi connectivity index (χ3v) is 3.25. The van der Waals surface area contributed by atoms with Gasteiger partial charge in [-0.3, -0.25) is 0 Å². The molecule has 0 aliphatic rings. The van der Waals surface area contributed by atoms with Crippen LogP contribution in [-0.2, 0) is 6.54 Å². The fourth-order valence-corrected chi connectivity index (χ4v) is 2.14. The van der Waals surface area contributed by atoms with Crippen molar-refractivity contribution < 1.29 is 4.39 Å². The second-order valence-corrected chi connectivity index (χ2v) is 5.50. The third kappa shape index (κ3) is 4.62. The Morgan fingerprint density at radius 1 is 1.31 bits per heavy atom. The van der Waals surface area contributed by atoms with Crippen LogP contribution in [0.2, 0.25) is 0 Å². The second-order valence-electron chi connectivity index (χ2n) is 4.65. The summed E-state index contributed by atoms with van der Waals surface area (Å²) >= 11 is 3.42. The molecule has 0 bridgehead atoms. The van der Waals surface area contributed by atoms with Crippen molar-refractivity contribution in [2.24, 2.45) is 5.92 Å². The number of nitrogens with one attached hydrogen (secondary N) is 1. The van der Waals surface area contributed by atoms with Crippen LogP contribution in [0.25, 0.3) is 0 Å². The Morgan fingerprint density at radius 2 is 2.00 bits per heavy atom. The van der Waals surface area contributed by atoms with Gasteiger partial charge < -0.3 is 5.32 Å². The van der Waals surface area contributed by atoms with E-state index in [-0.39, 0.29) is 5.82 Å². The minimum atomic E-state index is -0.184. The van der Waals surface area contributed by atoms with Gasteiger partial charge in [-0.05, 0) is 43.0 Å². The highest BCUT2D eigenvalue weighted by molar-refractivity contribution is 9.10. The van der Waals surface area contributed by atoms with Crippen molar-refractivity contribution in [3.63, 3.8) is 0 Å². The maximum atomic E-state index is 13.0. The van der Waals surface area contributed by atoms with E-state index in [1.807, 2.05) is 0 Å². The van der Waals surface area contributed by atoms with Crippen LogP contribution < -0.4 is 5.32 Å². The molecular weight excluding hydrogens is 269 g/mol. The summed E-state index contributed by atoms with van der Waals surface area (Å²) in [6.45, 7) is 7.27. The van der Waals surface area contributed by atoms with Crippen LogP contribution >= 0.6 is 15.9 Å².